The Labute approximate surface area is 183 Å². The maximum absolute atomic E-state index is 13.0. The molecule has 3 aromatic rings. The number of ether oxygens (including phenoxy) is 1. The molecule has 162 valence electrons. The molecule has 0 N–H and O–H groups in total. The van der Waals surface area contributed by atoms with Gasteiger partial charge in [0.15, 0.2) is 5.16 Å². The lowest BCUT2D eigenvalue weighted by Crippen LogP contribution is -2.07. The minimum atomic E-state index is -2.65. The van der Waals surface area contributed by atoms with E-state index in [4.69, 9.17) is 4.74 Å². The number of ketones is 1. The Bertz CT molecular complexity index is 1100. The average Bonchev–Trinajstić information content (AvgIpc) is 3.24. The normalized spacial score (nSPS) is 11.4. The van der Waals surface area contributed by atoms with Gasteiger partial charge >= 0.3 is 0 Å². The van der Waals surface area contributed by atoms with Gasteiger partial charge in [-0.3, -0.25) is 9.48 Å². The van der Waals surface area contributed by atoms with Crippen molar-refractivity contribution in [1.29, 1.82) is 0 Å². The summed E-state index contributed by atoms with van der Waals surface area (Å²) in [7, 11) is 1.56. The summed E-state index contributed by atoms with van der Waals surface area (Å²) in [4.78, 5) is 20.6. The van der Waals surface area contributed by atoms with Crippen LogP contribution in [0.3, 0.4) is 0 Å². The second-order valence-corrected chi connectivity index (χ2v) is 7.55. The number of methoxy groups -OCH3 is 1. The Kier molecular flexibility index (Phi) is 7.51. The highest BCUT2D eigenvalue weighted by molar-refractivity contribution is 7.98. The van der Waals surface area contributed by atoms with Crippen molar-refractivity contribution < 1.29 is 18.3 Å². The SMILES string of the molecule is CCn1nccc1C(=O)/C=C/c1ccc(OC)c(CSc2nc(C)cc(C(F)F)n2)c1. The summed E-state index contributed by atoms with van der Waals surface area (Å²) in [5.74, 6) is 0.939. The number of carbonyl (C=O) groups excluding carboxylic acids is 1. The molecule has 6 nitrogen and oxygen atoms in total. The molecular formula is C22H22F2N4O2S. The predicted octanol–water partition coefficient (Wildman–Crippen LogP) is 5.14. The van der Waals surface area contributed by atoms with E-state index in [1.807, 2.05) is 19.1 Å². The van der Waals surface area contributed by atoms with E-state index >= 15 is 0 Å². The molecule has 0 amide bonds. The zero-order valence-corrected chi connectivity index (χ0v) is 18.2. The van der Waals surface area contributed by atoms with Crippen LogP contribution in [0.2, 0.25) is 0 Å². The molecule has 9 heteroatoms. The molecule has 0 aliphatic carbocycles. The average molecular weight is 445 g/mol. The second kappa shape index (κ2) is 10.3. The summed E-state index contributed by atoms with van der Waals surface area (Å²) >= 11 is 1.25. The highest BCUT2D eigenvalue weighted by Crippen LogP contribution is 2.29. The fraction of sp³-hybridized carbons (Fsp3) is 0.273. The number of carbonyl (C=O) groups is 1. The van der Waals surface area contributed by atoms with Crippen molar-refractivity contribution in [1.82, 2.24) is 19.7 Å². The Balaban J connectivity index is 1.77. The molecule has 0 aliphatic rings. The number of halogens is 2. The third-order valence-corrected chi connectivity index (χ3v) is 5.33. The molecule has 0 saturated carbocycles. The standard InChI is InChI=1S/C22H22F2N4O2S/c1-4-28-18(9-10-25-28)19(29)7-5-15-6-8-20(30-3)16(12-15)13-31-22-26-14(2)11-17(27-22)21(23)24/h5-12,21H,4,13H2,1-3H3/b7-5+. The first-order chi connectivity index (χ1) is 14.9. The zero-order chi connectivity index (χ0) is 22.4. The predicted molar refractivity (Wildman–Crippen MR) is 116 cm³/mol. The second-order valence-electron chi connectivity index (χ2n) is 6.61. The maximum Gasteiger partial charge on any atom is 0.280 e. The number of allylic oxidation sites excluding steroid dienone is 1. The lowest BCUT2D eigenvalue weighted by atomic mass is 10.1. The third-order valence-electron chi connectivity index (χ3n) is 4.43. The van der Waals surface area contributed by atoms with Gasteiger partial charge < -0.3 is 4.74 Å². The van der Waals surface area contributed by atoms with Gasteiger partial charge in [-0.25, -0.2) is 18.7 Å². The number of benzene rings is 1. The number of thioether (sulfide) groups is 1. The van der Waals surface area contributed by atoms with E-state index in [1.54, 1.807) is 43.1 Å². The van der Waals surface area contributed by atoms with Crippen LogP contribution in [0.15, 0.2) is 47.8 Å². The summed E-state index contributed by atoms with van der Waals surface area (Å²) in [6.07, 6.45) is 2.17. The summed E-state index contributed by atoms with van der Waals surface area (Å²) < 4.78 is 33.1. The molecule has 1 aromatic carbocycles. The summed E-state index contributed by atoms with van der Waals surface area (Å²) in [5.41, 5.74) is 2.37. The molecule has 2 aromatic heterocycles. The van der Waals surface area contributed by atoms with E-state index < -0.39 is 6.43 Å². The Hall–Kier alpha value is -3.07. The van der Waals surface area contributed by atoms with Crippen molar-refractivity contribution in [2.24, 2.45) is 0 Å². The lowest BCUT2D eigenvalue weighted by Gasteiger charge is -2.10. The van der Waals surface area contributed by atoms with Crippen LogP contribution in [0.1, 0.15) is 46.4 Å². The number of nitrogens with zero attached hydrogens (tertiary/aromatic N) is 4. The van der Waals surface area contributed by atoms with Crippen LogP contribution < -0.4 is 4.74 Å². The van der Waals surface area contributed by atoms with Gasteiger partial charge in [-0.15, -0.1) is 0 Å². The Morgan fingerprint density at radius 2 is 2.06 bits per heavy atom. The van der Waals surface area contributed by atoms with Gasteiger partial charge in [-0.05, 0) is 49.8 Å². The molecule has 0 atom stereocenters. The fourth-order valence-corrected chi connectivity index (χ4v) is 3.84. The molecule has 2 heterocycles. The smallest absolute Gasteiger partial charge is 0.280 e. The van der Waals surface area contributed by atoms with Gasteiger partial charge in [-0.1, -0.05) is 23.9 Å². The van der Waals surface area contributed by atoms with Crippen molar-refractivity contribution in [2.75, 3.05) is 7.11 Å². The number of hydrogen-bond acceptors (Lipinski definition) is 6. The van der Waals surface area contributed by atoms with Gasteiger partial charge in [0, 0.05) is 29.8 Å². The van der Waals surface area contributed by atoms with Gasteiger partial charge in [-0.2, -0.15) is 5.10 Å². The number of aryl methyl sites for hydroxylation is 2. The quantitative estimate of drug-likeness (QED) is 0.197. The molecule has 0 fully saturated rings. The number of alkyl halides is 2. The minimum absolute atomic E-state index is 0.140. The first kappa shape index (κ1) is 22.6. The van der Waals surface area contributed by atoms with Crippen molar-refractivity contribution in [3.05, 3.63) is 70.8 Å². The van der Waals surface area contributed by atoms with E-state index in [2.05, 4.69) is 15.1 Å². The topological polar surface area (TPSA) is 69.9 Å². The molecule has 31 heavy (non-hydrogen) atoms. The Morgan fingerprint density at radius 3 is 2.77 bits per heavy atom. The molecule has 0 bridgehead atoms. The fourth-order valence-electron chi connectivity index (χ4n) is 2.95. The highest BCUT2D eigenvalue weighted by Gasteiger charge is 2.13. The van der Waals surface area contributed by atoms with E-state index in [9.17, 15) is 13.6 Å². The third kappa shape index (κ3) is 5.75. The van der Waals surface area contributed by atoms with Crippen LogP contribution in [0.4, 0.5) is 8.78 Å². The van der Waals surface area contributed by atoms with Crippen molar-refractivity contribution >= 4 is 23.6 Å². The monoisotopic (exact) mass is 444 g/mol. The molecule has 3 rings (SSSR count). The molecule has 0 unspecified atom stereocenters. The molecule has 0 radical (unpaired) electrons. The largest absolute Gasteiger partial charge is 0.496 e. The van der Waals surface area contributed by atoms with Gasteiger partial charge in [0.25, 0.3) is 6.43 Å². The van der Waals surface area contributed by atoms with E-state index in [0.717, 1.165) is 11.1 Å². The van der Waals surface area contributed by atoms with Crippen molar-refractivity contribution in [3.8, 4) is 5.75 Å². The minimum Gasteiger partial charge on any atom is -0.496 e. The summed E-state index contributed by atoms with van der Waals surface area (Å²) in [5, 5.41) is 4.39. The van der Waals surface area contributed by atoms with Crippen molar-refractivity contribution in [3.63, 3.8) is 0 Å². The number of rotatable bonds is 9. The molecule has 0 saturated heterocycles. The van der Waals surface area contributed by atoms with Crippen LogP contribution in [0.25, 0.3) is 6.08 Å². The molecule has 0 spiro atoms. The van der Waals surface area contributed by atoms with Crippen LogP contribution in [0, 0.1) is 6.92 Å². The van der Waals surface area contributed by atoms with Gasteiger partial charge in [0.1, 0.15) is 17.1 Å². The zero-order valence-electron chi connectivity index (χ0n) is 17.4. The Morgan fingerprint density at radius 1 is 1.26 bits per heavy atom. The van der Waals surface area contributed by atoms with Crippen LogP contribution in [0.5, 0.6) is 5.75 Å². The lowest BCUT2D eigenvalue weighted by molar-refractivity contribution is 0.103. The van der Waals surface area contributed by atoms with Gasteiger partial charge in [0.2, 0.25) is 5.78 Å². The van der Waals surface area contributed by atoms with E-state index in [1.165, 1.54) is 23.9 Å². The van der Waals surface area contributed by atoms with E-state index in [0.29, 0.717) is 29.4 Å². The van der Waals surface area contributed by atoms with Crippen molar-refractivity contribution in [2.45, 2.75) is 37.7 Å². The van der Waals surface area contributed by atoms with Gasteiger partial charge in [0.05, 0.1) is 7.11 Å². The van der Waals surface area contributed by atoms with E-state index in [-0.39, 0.29) is 16.6 Å². The molecule has 0 aliphatic heterocycles. The first-order valence-electron chi connectivity index (χ1n) is 9.59. The van der Waals surface area contributed by atoms with Crippen LogP contribution in [-0.2, 0) is 12.3 Å². The number of hydrogen-bond donors (Lipinski definition) is 0. The molecular weight excluding hydrogens is 422 g/mol. The summed E-state index contributed by atoms with van der Waals surface area (Å²) in [6, 6.07) is 8.49. The highest BCUT2D eigenvalue weighted by atomic mass is 32.2. The summed E-state index contributed by atoms with van der Waals surface area (Å²) in [6.45, 7) is 4.19. The maximum atomic E-state index is 13.0. The van der Waals surface area contributed by atoms with Crippen LogP contribution >= 0.6 is 11.8 Å². The first-order valence-corrected chi connectivity index (χ1v) is 10.6. The number of aromatic nitrogens is 4. The van der Waals surface area contributed by atoms with Crippen LogP contribution in [-0.4, -0.2) is 32.6 Å².